The van der Waals surface area contributed by atoms with E-state index in [1.807, 2.05) is 24.3 Å². The maximum absolute atomic E-state index is 12.7. The molecule has 0 radical (unpaired) electrons. The Hall–Kier alpha value is -2.19. The van der Waals surface area contributed by atoms with Crippen LogP contribution in [0, 0.1) is 6.92 Å². The minimum absolute atomic E-state index is 0.182. The topological polar surface area (TPSA) is 70.4 Å². The first-order valence-corrected chi connectivity index (χ1v) is 9.66. The highest BCUT2D eigenvalue weighted by Gasteiger charge is 2.20. The fraction of sp³-hybridized carbons (Fsp3) is 0.278. The van der Waals surface area contributed by atoms with E-state index < -0.39 is 5.97 Å². The van der Waals surface area contributed by atoms with Crippen molar-refractivity contribution < 1.29 is 14.3 Å². The molecule has 0 aliphatic heterocycles. The van der Waals surface area contributed by atoms with Gasteiger partial charge in [0.25, 0.3) is 5.56 Å². The van der Waals surface area contributed by atoms with Crippen LogP contribution in [0.5, 0.6) is 5.75 Å². The molecule has 2 heterocycles. The van der Waals surface area contributed by atoms with Crippen LogP contribution in [-0.2, 0) is 11.3 Å². The van der Waals surface area contributed by atoms with Crippen molar-refractivity contribution in [3.05, 3.63) is 55.9 Å². The molecule has 0 aliphatic rings. The normalized spacial score (nSPS) is 10.9. The summed E-state index contributed by atoms with van der Waals surface area (Å²) >= 11 is 4.55. The molecule has 0 spiro atoms. The Morgan fingerprint density at radius 1 is 1.31 bits per heavy atom. The number of fused-ring (bicyclic) bond motifs is 1. The average Bonchev–Trinajstić information content (AvgIpc) is 2.96. The van der Waals surface area contributed by atoms with Crippen LogP contribution in [-0.4, -0.2) is 28.7 Å². The smallest absolute Gasteiger partial charge is 0.348 e. The lowest BCUT2D eigenvalue weighted by molar-refractivity contribution is 0.0531. The lowest BCUT2D eigenvalue weighted by Crippen LogP contribution is -2.23. The van der Waals surface area contributed by atoms with Crippen molar-refractivity contribution in [1.82, 2.24) is 9.55 Å². The van der Waals surface area contributed by atoms with Crippen LogP contribution >= 0.6 is 27.3 Å². The Morgan fingerprint density at radius 2 is 2.04 bits per heavy atom. The van der Waals surface area contributed by atoms with Crippen LogP contribution in [0.3, 0.4) is 0 Å². The number of aromatic nitrogens is 2. The summed E-state index contributed by atoms with van der Waals surface area (Å²) < 4.78 is 13.2. The van der Waals surface area contributed by atoms with E-state index in [0.717, 1.165) is 10.2 Å². The first kappa shape index (κ1) is 18.6. The molecule has 0 atom stereocenters. The molecule has 0 N–H and O–H groups in total. The summed E-state index contributed by atoms with van der Waals surface area (Å²) in [4.78, 5) is 30.0. The fourth-order valence-electron chi connectivity index (χ4n) is 2.50. The number of carbonyl (C=O) groups excluding carboxylic acids is 1. The van der Waals surface area contributed by atoms with Gasteiger partial charge in [0.2, 0.25) is 0 Å². The average molecular weight is 437 g/mol. The summed E-state index contributed by atoms with van der Waals surface area (Å²) in [6, 6.07) is 7.48. The third-order valence-corrected chi connectivity index (χ3v) is 5.50. The molecule has 0 amide bonds. The molecule has 1 aromatic carbocycles. The molecule has 0 saturated carbocycles. The van der Waals surface area contributed by atoms with Crippen LogP contribution in [0.1, 0.15) is 22.2 Å². The Kier molecular flexibility index (Phi) is 5.73. The van der Waals surface area contributed by atoms with Gasteiger partial charge in [-0.05, 0) is 43.7 Å². The summed E-state index contributed by atoms with van der Waals surface area (Å²) in [7, 11) is 0. The van der Waals surface area contributed by atoms with Crippen molar-refractivity contribution in [2.45, 2.75) is 20.4 Å². The molecule has 26 heavy (non-hydrogen) atoms. The van der Waals surface area contributed by atoms with Crippen molar-refractivity contribution in [2.75, 3.05) is 13.2 Å². The van der Waals surface area contributed by atoms with E-state index in [9.17, 15) is 9.59 Å². The molecule has 0 fully saturated rings. The second-order valence-electron chi connectivity index (χ2n) is 5.50. The van der Waals surface area contributed by atoms with Gasteiger partial charge in [-0.3, -0.25) is 9.36 Å². The van der Waals surface area contributed by atoms with Gasteiger partial charge in [-0.2, -0.15) is 0 Å². The SMILES string of the molecule is CCOC(=O)c1sc2ncn(CCOc3ccc(Br)cc3)c(=O)c2c1C. The highest BCUT2D eigenvalue weighted by molar-refractivity contribution is 9.10. The molecular weight excluding hydrogens is 420 g/mol. The number of hydrogen-bond acceptors (Lipinski definition) is 6. The predicted octanol–water partition coefficient (Wildman–Crippen LogP) is 3.78. The second-order valence-corrected chi connectivity index (χ2v) is 7.42. The van der Waals surface area contributed by atoms with Crippen LogP contribution in [0.15, 0.2) is 39.9 Å². The lowest BCUT2D eigenvalue weighted by atomic mass is 10.2. The van der Waals surface area contributed by atoms with E-state index in [2.05, 4.69) is 20.9 Å². The molecule has 2 aromatic heterocycles. The zero-order valence-electron chi connectivity index (χ0n) is 14.3. The Balaban J connectivity index is 1.80. The zero-order valence-corrected chi connectivity index (χ0v) is 16.7. The number of nitrogens with zero attached hydrogens (tertiary/aromatic N) is 2. The summed E-state index contributed by atoms with van der Waals surface area (Å²) in [5.41, 5.74) is 0.433. The van der Waals surface area contributed by atoms with Crippen molar-refractivity contribution in [3.8, 4) is 5.75 Å². The summed E-state index contributed by atoms with van der Waals surface area (Å²) in [5, 5.41) is 0.462. The molecule has 0 unspecified atom stereocenters. The number of rotatable bonds is 6. The van der Waals surface area contributed by atoms with Gasteiger partial charge in [0.1, 0.15) is 22.1 Å². The molecule has 0 saturated heterocycles. The number of thiophene rings is 1. The first-order valence-electron chi connectivity index (χ1n) is 8.05. The van der Waals surface area contributed by atoms with Gasteiger partial charge in [0.05, 0.1) is 24.9 Å². The van der Waals surface area contributed by atoms with Crippen molar-refractivity contribution in [3.63, 3.8) is 0 Å². The van der Waals surface area contributed by atoms with Crippen molar-refractivity contribution >= 4 is 43.5 Å². The Bertz CT molecular complexity index is 995. The minimum Gasteiger partial charge on any atom is -0.492 e. The van der Waals surface area contributed by atoms with Gasteiger partial charge in [-0.1, -0.05) is 15.9 Å². The van der Waals surface area contributed by atoms with E-state index >= 15 is 0 Å². The molecular formula is C18H17BrN2O4S. The Labute approximate surface area is 162 Å². The monoisotopic (exact) mass is 436 g/mol. The third-order valence-electron chi connectivity index (χ3n) is 3.79. The first-order chi connectivity index (χ1) is 12.5. The molecule has 6 nitrogen and oxygen atoms in total. The van der Waals surface area contributed by atoms with E-state index in [1.54, 1.807) is 13.8 Å². The summed E-state index contributed by atoms with van der Waals surface area (Å²) in [6.07, 6.45) is 1.49. The van der Waals surface area contributed by atoms with Gasteiger partial charge < -0.3 is 9.47 Å². The summed E-state index contributed by atoms with van der Waals surface area (Å²) in [5.74, 6) is 0.309. The van der Waals surface area contributed by atoms with Gasteiger partial charge in [-0.15, -0.1) is 11.3 Å². The summed E-state index contributed by atoms with van der Waals surface area (Å²) in [6.45, 7) is 4.48. The third kappa shape index (κ3) is 3.81. The largest absolute Gasteiger partial charge is 0.492 e. The highest BCUT2D eigenvalue weighted by atomic mass is 79.9. The van der Waals surface area contributed by atoms with Gasteiger partial charge in [-0.25, -0.2) is 9.78 Å². The van der Waals surface area contributed by atoms with Gasteiger partial charge >= 0.3 is 5.97 Å². The van der Waals surface area contributed by atoms with E-state index in [4.69, 9.17) is 9.47 Å². The van der Waals surface area contributed by atoms with Crippen LogP contribution in [0.4, 0.5) is 0 Å². The number of esters is 1. The standard InChI is InChI=1S/C18H17BrN2O4S/c1-3-24-18(23)15-11(2)14-16(26-15)20-10-21(17(14)22)8-9-25-13-6-4-12(19)5-7-13/h4-7,10H,3,8-9H2,1-2H3. The zero-order chi connectivity index (χ0) is 18.7. The molecule has 0 aliphatic carbocycles. The van der Waals surface area contributed by atoms with Crippen LogP contribution < -0.4 is 10.3 Å². The molecule has 3 aromatic rings. The fourth-order valence-corrected chi connectivity index (χ4v) is 3.80. The van der Waals surface area contributed by atoms with E-state index in [1.165, 1.54) is 22.2 Å². The number of aryl methyl sites for hydroxylation is 1. The van der Waals surface area contributed by atoms with Gasteiger partial charge in [0, 0.05) is 4.47 Å². The molecule has 0 bridgehead atoms. The molecule has 8 heteroatoms. The van der Waals surface area contributed by atoms with Crippen molar-refractivity contribution in [1.29, 1.82) is 0 Å². The maximum Gasteiger partial charge on any atom is 0.348 e. The van der Waals surface area contributed by atoms with Gasteiger partial charge in [0.15, 0.2) is 0 Å². The minimum atomic E-state index is -0.419. The molecule has 3 rings (SSSR count). The highest BCUT2D eigenvalue weighted by Crippen LogP contribution is 2.27. The number of ether oxygens (including phenoxy) is 2. The quantitative estimate of drug-likeness (QED) is 0.549. The van der Waals surface area contributed by atoms with Crippen LogP contribution in [0.2, 0.25) is 0 Å². The van der Waals surface area contributed by atoms with E-state index in [-0.39, 0.29) is 12.2 Å². The van der Waals surface area contributed by atoms with Crippen LogP contribution in [0.25, 0.3) is 10.2 Å². The number of hydrogen-bond donors (Lipinski definition) is 0. The second kappa shape index (κ2) is 8.01. The number of carbonyl (C=O) groups is 1. The lowest BCUT2D eigenvalue weighted by Gasteiger charge is -2.08. The molecule has 136 valence electrons. The number of halogens is 1. The van der Waals surface area contributed by atoms with Crippen molar-refractivity contribution in [2.24, 2.45) is 0 Å². The van der Waals surface area contributed by atoms with E-state index in [0.29, 0.717) is 33.8 Å². The Morgan fingerprint density at radius 3 is 2.73 bits per heavy atom. The predicted molar refractivity (Wildman–Crippen MR) is 104 cm³/mol. The maximum atomic E-state index is 12.7. The number of benzene rings is 1.